The van der Waals surface area contributed by atoms with Crippen molar-refractivity contribution in [1.82, 2.24) is 4.90 Å². The highest BCUT2D eigenvalue weighted by atomic mass is 79.9. The van der Waals surface area contributed by atoms with Gasteiger partial charge in [0.1, 0.15) is 0 Å². The molecule has 0 aromatic heterocycles. The lowest BCUT2D eigenvalue weighted by molar-refractivity contribution is 0.214. The van der Waals surface area contributed by atoms with Crippen LogP contribution in [0.3, 0.4) is 0 Å². The molecule has 0 atom stereocenters. The maximum Gasteiger partial charge on any atom is 0.321 e. The van der Waals surface area contributed by atoms with Gasteiger partial charge in [0.25, 0.3) is 0 Å². The van der Waals surface area contributed by atoms with E-state index in [0.29, 0.717) is 20.2 Å². The quantitative estimate of drug-likeness (QED) is 0.684. The molecule has 0 saturated carbocycles. The van der Waals surface area contributed by atoms with Crippen molar-refractivity contribution < 1.29 is 4.79 Å². The van der Waals surface area contributed by atoms with E-state index in [2.05, 4.69) is 21.2 Å². The molecule has 1 fully saturated rings. The SMILES string of the molecule is O=C(Nc1ccc(Br)c(Cl)c1Cl)N1CCCCCC1. The maximum atomic E-state index is 12.2. The highest BCUT2D eigenvalue weighted by Crippen LogP contribution is 2.35. The van der Waals surface area contributed by atoms with Gasteiger partial charge in [0.15, 0.2) is 0 Å². The van der Waals surface area contributed by atoms with Crippen molar-refractivity contribution in [2.75, 3.05) is 18.4 Å². The fraction of sp³-hybridized carbons (Fsp3) is 0.462. The highest BCUT2D eigenvalue weighted by molar-refractivity contribution is 9.10. The molecule has 3 nitrogen and oxygen atoms in total. The minimum atomic E-state index is -0.109. The molecule has 1 aromatic rings. The summed E-state index contributed by atoms with van der Waals surface area (Å²) in [6.45, 7) is 1.60. The van der Waals surface area contributed by atoms with Crippen molar-refractivity contribution >= 4 is 50.9 Å². The Bertz CT molecular complexity index is 474. The summed E-state index contributed by atoms with van der Waals surface area (Å²) in [5.74, 6) is 0. The number of nitrogens with zero attached hydrogens (tertiary/aromatic N) is 1. The lowest BCUT2D eigenvalue weighted by atomic mass is 10.2. The number of carbonyl (C=O) groups is 1. The number of halogens is 3. The van der Waals surface area contributed by atoms with E-state index in [-0.39, 0.29) is 6.03 Å². The maximum absolute atomic E-state index is 12.2. The number of hydrogen-bond donors (Lipinski definition) is 1. The first-order valence-electron chi connectivity index (χ1n) is 6.29. The second-order valence-electron chi connectivity index (χ2n) is 4.55. The van der Waals surface area contributed by atoms with Gasteiger partial charge >= 0.3 is 6.03 Å². The molecule has 1 aliphatic heterocycles. The van der Waals surface area contributed by atoms with E-state index in [1.54, 1.807) is 12.1 Å². The third kappa shape index (κ3) is 3.77. The third-order valence-corrected chi connectivity index (χ3v) is 4.94. The van der Waals surface area contributed by atoms with Gasteiger partial charge in [0, 0.05) is 17.6 Å². The molecule has 1 aromatic carbocycles. The summed E-state index contributed by atoms with van der Waals surface area (Å²) >= 11 is 15.4. The molecule has 19 heavy (non-hydrogen) atoms. The standard InChI is InChI=1S/C13H15BrCl2N2O/c14-9-5-6-10(12(16)11(9)15)17-13(19)18-7-3-1-2-4-8-18/h5-6H,1-4,7-8H2,(H,17,19). The van der Waals surface area contributed by atoms with Gasteiger partial charge in [-0.05, 0) is 40.9 Å². The molecule has 0 spiro atoms. The third-order valence-electron chi connectivity index (χ3n) is 3.17. The van der Waals surface area contributed by atoms with Crippen LogP contribution in [-0.4, -0.2) is 24.0 Å². The van der Waals surface area contributed by atoms with Gasteiger partial charge in [0.05, 0.1) is 15.7 Å². The van der Waals surface area contributed by atoms with Crippen molar-refractivity contribution in [2.45, 2.75) is 25.7 Å². The van der Waals surface area contributed by atoms with Gasteiger partial charge in [-0.15, -0.1) is 0 Å². The monoisotopic (exact) mass is 364 g/mol. The molecule has 104 valence electrons. The Labute approximate surface area is 131 Å². The number of urea groups is 1. The molecule has 1 aliphatic rings. The van der Waals surface area contributed by atoms with E-state index < -0.39 is 0 Å². The fourth-order valence-corrected chi connectivity index (χ4v) is 2.91. The van der Waals surface area contributed by atoms with Gasteiger partial charge in [-0.2, -0.15) is 0 Å². The predicted octanol–water partition coefficient (Wildman–Crippen LogP) is 5.16. The summed E-state index contributed by atoms with van der Waals surface area (Å²) in [7, 11) is 0. The number of amides is 2. The van der Waals surface area contributed by atoms with Crippen LogP contribution in [0.5, 0.6) is 0 Å². The molecule has 2 rings (SSSR count). The number of likely N-dealkylation sites (tertiary alicyclic amines) is 1. The van der Waals surface area contributed by atoms with Crippen LogP contribution in [0.2, 0.25) is 10.0 Å². The first-order chi connectivity index (χ1) is 9.09. The van der Waals surface area contributed by atoms with Crippen LogP contribution in [-0.2, 0) is 0 Å². The smallest absolute Gasteiger partial charge is 0.321 e. The van der Waals surface area contributed by atoms with E-state index >= 15 is 0 Å². The normalized spacial score (nSPS) is 16.1. The lowest BCUT2D eigenvalue weighted by Gasteiger charge is -2.21. The van der Waals surface area contributed by atoms with Gasteiger partial charge in [-0.3, -0.25) is 0 Å². The van der Waals surface area contributed by atoms with Crippen LogP contribution in [0, 0.1) is 0 Å². The van der Waals surface area contributed by atoms with E-state index in [1.165, 1.54) is 12.8 Å². The average Bonchev–Trinajstić information content (AvgIpc) is 2.68. The van der Waals surface area contributed by atoms with E-state index in [1.807, 2.05) is 4.90 Å². The molecule has 0 aliphatic carbocycles. The minimum Gasteiger partial charge on any atom is -0.325 e. The zero-order chi connectivity index (χ0) is 13.8. The fourth-order valence-electron chi connectivity index (χ4n) is 2.09. The Morgan fingerprint density at radius 2 is 1.74 bits per heavy atom. The Morgan fingerprint density at radius 3 is 2.37 bits per heavy atom. The zero-order valence-electron chi connectivity index (χ0n) is 10.4. The second kappa shape index (κ2) is 6.82. The summed E-state index contributed by atoms with van der Waals surface area (Å²) in [5.41, 5.74) is 0.545. The number of hydrogen-bond acceptors (Lipinski definition) is 1. The number of carbonyl (C=O) groups excluding carboxylic acids is 1. The van der Waals surface area contributed by atoms with E-state index in [4.69, 9.17) is 23.2 Å². The molecule has 1 heterocycles. The molecular weight excluding hydrogens is 351 g/mol. The molecule has 1 N–H and O–H groups in total. The van der Waals surface area contributed by atoms with Gasteiger partial charge in [-0.25, -0.2) is 4.79 Å². The van der Waals surface area contributed by atoms with Crippen molar-refractivity contribution in [3.8, 4) is 0 Å². The Balaban J connectivity index is 2.08. The second-order valence-corrected chi connectivity index (χ2v) is 6.16. The Kier molecular flexibility index (Phi) is 5.37. The Morgan fingerprint density at radius 1 is 1.11 bits per heavy atom. The first-order valence-corrected chi connectivity index (χ1v) is 7.84. The van der Waals surface area contributed by atoms with Crippen LogP contribution in [0.15, 0.2) is 16.6 Å². The van der Waals surface area contributed by atoms with Gasteiger partial charge in [-0.1, -0.05) is 36.0 Å². The first kappa shape index (κ1) is 14.9. The van der Waals surface area contributed by atoms with Crippen LogP contribution < -0.4 is 5.32 Å². The minimum absolute atomic E-state index is 0.109. The van der Waals surface area contributed by atoms with Crippen molar-refractivity contribution in [2.24, 2.45) is 0 Å². The lowest BCUT2D eigenvalue weighted by Crippen LogP contribution is -2.35. The topological polar surface area (TPSA) is 32.3 Å². The van der Waals surface area contributed by atoms with Crippen LogP contribution >= 0.6 is 39.1 Å². The molecule has 0 radical (unpaired) electrons. The van der Waals surface area contributed by atoms with E-state index in [0.717, 1.165) is 25.9 Å². The number of benzene rings is 1. The molecule has 0 unspecified atom stereocenters. The van der Waals surface area contributed by atoms with Crippen molar-refractivity contribution in [3.63, 3.8) is 0 Å². The summed E-state index contributed by atoms with van der Waals surface area (Å²) in [6, 6.07) is 3.41. The zero-order valence-corrected chi connectivity index (χ0v) is 13.5. The molecule has 0 bridgehead atoms. The van der Waals surface area contributed by atoms with Crippen LogP contribution in [0.25, 0.3) is 0 Å². The van der Waals surface area contributed by atoms with Crippen LogP contribution in [0.1, 0.15) is 25.7 Å². The molecule has 6 heteroatoms. The highest BCUT2D eigenvalue weighted by Gasteiger charge is 2.17. The predicted molar refractivity (Wildman–Crippen MR) is 83.2 cm³/mol. The summed E-state index contributed by atoms with van der Waals surface area (Å²) in [5, 5.41) is 3.60. The van der Waals surface area contributed by atoms with Crippen molar-refractivity contribution in [1.29, 1.82) is 0 Å². The molecular formula is C13H15BrCl2N2O. The largest absolute Gasteiger partial charge is 0.325 e. The van der Waals surface area contributed by atoms with Gasteiger partial charge < -0.3 is 10.2 Å². The summed E-state index contributed by atoms with van der Waals surface area (Å²) < 4.78 is 0.715. The Hall–Kier alpha value is -0.450. The van der Waals surface area contributed by atoms with Gasteiger partial charge in [0.2, 0.25) is 0 Å². The van der Waals surface area contributed by atoms with E-state index in [9.17, 15) is 4.79 Å². The number of nitrogens with one attached hydrogen (secondary N) is 1. The molecule has 1 saturated heterocycles. The summed E-state index contributed by atoms with van der Waals surface area (Å²) in [6.07, 6.45) is 4.49. The number of rotatable bonds is 1. The summed E-state index contributed by atoms with van der Waals surface area (Å²) in [4.78, 5) is 14.0. The van der Waals surface area contributed by atoms with Crippen molar-refractivity contribution in [3.05, 3.63) is 26.7 Å². The van der Waals surface area contributed by atoms with Crippen LogP contribution in [0.4, 0.5) is 10.5 Å². The average molecular weight is 366 g/mol. The number of anilines is 1. The molecule has 2 amide bonds.